The number of fused-ring (bicyclic) bond motifs is 3. The van der Waals surface area contributed by atoms with Gasteiger partial charge in [0.15, 0.2) is 0 Å². The second-order valence-electron chi connectivity index (χ2n) is 11.3. The Kier molecular flexibility index (Phi) is 5.39. The van der Waals surface area contributed by atoms with Crippen LogP contribution in [0.15, 0.2) is 18.3 Å². The van der Waals surface area contributed by atoms with E-state index in [9.17, 15) is 15.0 Å². The molecule has 3 fully saturated rings. The molecule has 2 bridgehead atoms. The van der Waals surface area contributed by atoms with E-state index in [-0.39, 0.29) is 23.8 Å². The number of nitrogens with zero attached hydrogens (tertiary/aromatic N) is 1. The maximum Gasteiger partial charge on any atom is 0.223 e. The number of nitrogens with one attached hydrogen (secondary N) is 1. The van der Waals surface area contributed by atoms with Gasteiger partial charge in [0, 0.05) is 47.6 Å². The van der Waals surface area contributed by atoms with Crippen LogP contribution in [0.4, 0.5) is 0 Å². The highest BCUT2D eigenvalue weighted by Crippen LogP contribution is 2.48. The van der Waals surface area contributed by atoms with Gasteiger partial charge >= 0.3 is 0 Å². The smallest absolute Gasteiger partial charge is 0.223 e. The standard InChI is InChI=1S/C26H35ClN2O3/c1-15-9-26(32)11-18(10-25(3,31)14-26)29(13-15)22(30)8-16(2)19-12-28-21-7-6-20(27)23(24(19)21)17-4-5-17/h6-7,12,15-18,28,31-32H,4-5,8-11,13-14H2,1-3H3. The fraction of sp³-hybridized carbons (Fsp3) is 0.654. The van der Waals surface area contributed by atoms with E-state index in [0.717, 1.165) is 16.1 Å². The van der Waals surface area contributed by atoms with Gasteiger partial charge in [-0.3, -0.25) is 4.79 Å². The summed E-state index contributed by atoms with van der Waals surface area (Å²) in [7, 11) is 0. The van der Waals surface area contributed by atoms with Crippen molar-refractivity contribution in [3.05, 3.63) is 34.5 Å². The molecule has 2 saturated carbocycles. The van der Waals surface area contributed by atoms with Crippen LogP contribution < -0.4 is 0 Å². The van der Waals surface area contributed by atoms with Gasteiger partial charge in [0.05, 0.1) is 11.2 Å². The highest BCUT2D eigenvalue weighted by atomic mass is 35.5. The van der Waals surface area contributed by atoms with Crippen LogP contribution in [-0.4, -0.2) is 49.8 Å². The van der Waals surface area contributed by atoms with Crippen molar-refractivity contribution < 1.29 is 15.0 Å². The number of hydrogen-bond donors (Lipinski definition) is 3. The van der Waals surface area contributed by atoms with Gasteiger partial charge in [-0.15, -0.1) is 0 Å². The van der Waals surface area contributed by atoms with Crippen molar-refractivity contribution in [3.8, 4) is 0 Å². The number of rotatable bonds is 4. The molecule has 6 heteroatoms. The molecule has 5 rings (SSSR count). The number of H-pyrrole nitrogens is 1. The van der Waals surface area contributed by atoms with Gasteiger partial charge in [-0.2, -0.15) is 0 Å². The van der Waals surface area contributed by atoms with E-state index in [1.54, 1.807) is 6.92 Å². The van der Waals surface area contributed by atoms with Gasteiger partial charge in [0.2, 0.25) is 5.91 Å². The number of halogens is 1. The third-order valence-corrected chi connectivity index (χ3v) is 8.19. The first kappa shape index (κ1) is 22.2. The maximum atomic E-state index is 13.6. The second-order valence-corrected chi connectivity index (χ2v) is 11.7. The molecule has 2 aromatic rings. The molecule has 5 unspecified atom stereocenters. The van der Waals surface area contributed by atoms with E-state index in [4.69, 9.17) is 11.6 Å². The molecule has 174 valence electrons. The molecule has 2 heterocycles. The Morgan fingerprint density at radius 1 is 1.28 bits per heavy atom. The molecule has 1 saturated heterocycles. The summed E-state index contributed by atoms with van der Waals surface area (Å²) in [5.74, 6) is 0.887. The van der Waals surface area contributed by atoms with Crippen LogP contribution in [0, 0.1) is 5.92 Å². The predicted molar refractivity (Wildman–Crippen MR) is 127 cm³/mol. The number of hydrogen-bond acceptors (Lipinski definition) is 3. The molecule has 0 radical (unpaired) electrons. The molecule has 5 atom stereocenters. The molecule has 0 spiro atoms. The number of carbonyl (C=O) groups excluding carboxylic acids is 1. The lowest BCUT2D eigenvalue weighted by molar-refractivity contribution is -0.142. The first-order chi connectivity index (χ1) is 15.1. The first-order valence-electron chi connectivity index (χ1n) is 12.1. The number of aromatic nitrogens is 1. The number of benzene rings is 1. The van der Waals surface area contributed by atoms with E-state index in [1.165, 1.54) is 23.8 Å². The van der Waals surface area contributed by atoms with Gasteiger partial charge < -0.3 is 20.1 Å². The lowest BCUT2D eigenvalue weighted by Crippen LogP contribution is -2.53. The third kappa shape index (κ3) is 4.08. The summed E-state index contributed by atoms with van der Waals surface area (Å²) in [6, 6.07) is 3.89. The molecule has 3 N–H and O–H groups in total. The summed E-state index contributed by atoms with van der Waals surface area (Å²) in [6.45, 7) is 6.65. The average Bonchev–Trinajstić information content (AvgIpc) is 3.42. The number of likely N-dealkylation sites (tertiary alicyclic amines) is 1. The van der Waals surface area contributed by atoms with Crippen molar-refractivity contribution in [2.75, 3.05) is 6.54 Å². The topological polar surface area (TPSA) is 76.6 Å². The predicted octanol–water partition coefficient (Wildman–Crippen LogP) is 5.10. The maximum absolute atomic E-state index is 13.6. The van der Waals surface area contributed by atoms with E-state index >= 15 is 0 Å². The third-order valence-electron chi connectivity index (χ3n) is 7.86. The molecule has 3 aliphatic rings. The largest absolute Gasteiger partial charge is 0.390 e. The number of amides is 1. The lowest BCUT2D eigenvalue weighted by Gasteiger charge is -2.45. The zero-order valence-corrected chi connectivity index (χ0v) is 20.1. The van der Waals surface area contributed by atoms with Gasteiger partial charge in [0.1, 0.15) is 0 Å². The van der Waals surface area contributed by atoms with Crippen molar-refractivity contribution >= 4 is 28.4 Å². The molecular formula is C26H35ClN2O3. The summed E-state index contributed by atoms with van der Waals surface area (Å²) in [6.07, 6.45) is 6.90. The highest BCUT2D eigenvalue weighted by Gasteiger charge is 2.49. The minimum atomic E-state index is -0.946. The Hall–Kier alpha value is -1.56. The van der Waals surface area contributed by atoms with E-state index in [2.05, 4.69) is 18.8 Å². The van der Waals surface area contributed by atoms with Crippen LogP contribution in [0.2, 0.25) is 5.02 Å². The summed E-state index contributed by atoms with van der Waals surface area (Å²) < 4.78 is 0. The Balaban J connectivity index is 1.41. The molecular weight excluding hydrogens is 424 g/mol. The van der Waals surface area contributed by atoms with Crippen LogP contribution in [0.1, 0.15) is 88.7 Å². The minimum absolute atomic E-state index is 0.0498. The zero-order valence-electron chi connectivity index (χ0n) is 19.3. The van der Waals surface area contributed by atoms with Crippen LogP contribution in [0.25, 0.3) is 10.9 Å². The zero-order chi connectivity index (χ0) is 22.8. The van der Waals surface area contributed by atoms with E-state index < -0.39 is 11.2 Å². The Morgan fingerprint density at radius 3 is 2.75 bits per heavy atom. The van der Waals surface area contributed by atoms with Crippen LogP contribution in [-0.2, 0) is 4.79 Å². The fourth-order valence-electron chi connectivity index (χ4n) is 6.65. The highest BCUT2D eigenvalue weighted by molar-refractivity contribution is 6.32. The van der Waals surface area contributed by atoms with Crippen LogP contribution >= 0.6 is 11.6 Å². The minimum Gasteiger partial charge on any atom is -0.390 e. The molecule has 1 aromatic carbocycles. The Labute approximate surface area is 195 Å². The average molecular weight is 459 g/mol. The van der Waals surface area contributed by atoms with E-state index in [0.29, 0.717) is 44.6 Å². The molecule has 1 amide bonds. The first-order valence-corrected chi connectivity index (χ1v) is 12.5. The van der Waals surface area contributed by atoms with Crippen molar-refractivity contribution in [2.45, 2.75) is 94.8 Å². The molecule has 1 aliphatic heterocycles. The summed E-state index contributed by atoms with van der Waals surface area (Å²) >= 11 is 6.59. The molecule has 1 aromatic heterocycles. The van der Waals surface area contributed by atoms with Gasteiger partial charge in [0.25, 0.3) is 0 Å². The quantitative estimate of drug-likeness (QED) is 0.596. The Morgan fingerprint density at radius 2 is 2.03 bits per heavy atom. The normalized spacial score (nSPS) is 33.9. The van der Waals surface area contributed by atoms with Crippen molar-refractivity contribution in [2.24, 2.45) is 5.92 Å². The van der Waals surface area contributed by atoms with Gasteiger partial charge in [-0.25, -0.2) is 0 Å². The molecule has 2 aliphatic carbocycles. The van der Waals surface area contributed by atoms with Gasteiger partial charge in [-0.05, 0) is 80.0 Å². The van der Waals surface area contributed by atoms with Crippen molar-refractivity contribution in [1.82, 2.24) is 9.88 Å². The second kappa shape index (κ2) is 7.75. The van der Waals surface area contributed by atoms with E-state index in [1.807, 2.05) is 23.2 Å². The number of carbonyl (C=O) groups is 1. The summed E-state index contributed by atoms with van der Waals surface area (Å²) in [5, 5.41) is 24.0. The van der Waals surface area contributed by atoms with Gasteiger partial charge in [-0.1, -0.05) is 25.4 Å². The Bertz CT molecular complexity index is 1040. The number of aromatic amines is 1. The lowest BCUT2D eigenvalue weighted by atomic mass is 9.71. The van der Waals surface area contributed by atoms with Crippen molar-refractivity contribution in [3.63, 3.8) is 0 Å². The SMILES string of the molecule is CC1CN(C(=O)CC(C)c2c[nH]c3ccc(Cl)c(C4CC4)c23)C2CC(C)(O)CC(O)(C1)C2. The number of aliphatic hydroxyl groups is 2. The summed E-state index contributed by atoms with van der Waals surface area (Å²) in [5.41, 5.74) is 1.64. The van der Waals surface area contributed by atoms with Crippen LogP contribution in [0.3, 0.4) is 0 Å². The molecule has 5 nitrogen and oxygen atoms in total. The summed E-state index contributed by atoms with van der Waals surface area (Å²) in [4.78, 5) is 18.9. The fourth-order valence-corrected chi connectivity index (χ4v) is 6.96. The monoisotopic (exact) mass is 458 g/mol. The van der Waals surface area contributed by atoms with Crippen LogP contribution in [0.5, 0.6) is 0 Å². The molecule has 32 heavy (non-hydrogen) atoms. The van der Waals surface area contributed by atoms with Crippen molar-refractivity contribution in [1.29, 1.82) is 0 Å².